The fourth-order valence-corrected chi connectivity index (χ4v) is 0.708. The van der Waals surface area contributed by atoms with Crippen molar-refractivity contribution >= 4 is 0 Å². The number of likely N-dealkylation sites (N-methyl/N-ethyl adjacent to an activating group) is 1. The lowest BCUT2D eigenvalue weighted by Gasteiger charge is -2.19. The van der Waals surface area contributed by atoms with Crippen molar-refractivity contribution in [2.24, 2.45) is 0 Å². The first-order chi connectivity index (χ1) is 5.68. The van der Waals surface area contributed by atoms with Gasteiger partial charge in [-0.25, -0.2) is 0 Å². The minimum absolute atomic E-state index is 0.493. The first kappa shape index (κ1) is 11.9. The van der Waals surface area contributed by atoms with Gasteiger partial charge >= 0.3 is 0 Å². The van der Waals surface area contributed by atoms with Gasteiger partial charge in [0, 0.05) is 26.4 Å². The molecule has 0 aromatic rings. The molecular formula is C9H21NO2. The van der Waals surface area contributed by atoms with Crippen LogP contribution in [0.3, 0.4) is 0 Å². The zero-order chi connectivity index (χ0) is 9.40. The Hall–Kier alpha value is -0.120. The first-order valence-electron chi connectivity index (χ1n) is 4.41. The van der Waals surface area contributed by atoms with E-state index < -0.39 is 0 Å². The summed E-state index contributed by atoms with van der Waals surface area (Å²) in [6.07, 6.45) is 0.983. The molecule has 3 nitrogen and oxygen atoms in total. The summed E-state index contributed by atoms with van der Waals surface area (Å²) in [5, 5.41) is 0. The van der Waals surface area contributed by atoms with Gasteiger partial charge in [0.15, 0.2) is 0 Å². The molecule has 0 spiro atoms. The predicted octanol–water partition coefficient (Wildman–Crippen LogP) is 0.990. The quantitative estimate of drug-likeness (QED) is 0.539. The molecule has 0 radical (unpaired) electrons. The number of hydrogen-bond donors (Lipinski definition) is 0. The van der Waals surface area contributed by atoms with Gasteiger partial charge in [0.25, 0.3) is 0 Å². The Balaban J connectivity index is 3.08. The maximum absolute atomic E-state index is 5.44. The molecule has 0 fully saturated rings. The molecule has 0 aliphatic heterocycles. The molecule has 0 aromatic carbocycles. The largest absolute Gasteiger partial charge is 0.385 e. The molecule has 1 atom stereocenters. The van der Waals surface area contributed by atoms with Crippen LogP contribution in [0.1, 0.15) is 13.3 Å². The monoisotopic (exact) mass is 175 g/mol. The average Bonchev–Trinajstić information content (AvgIpc) is 2.03. The highest BCUT2D eigenvalue weighted by molar-refractivity contribution is 4.56. The van der Waals surface area contributed by atoms with Crippen LogP contribution in [-0.4, -0.2) is 52.0 Å². The van der Waals surface area contributed by atoms with Gasteiger partial charge < -0.3 is 14.4 Å². The Bertz CT molecular complexity index is 96.5. The second kappa shape index (κ2) is 7.53. The molecule has 0 aromatic heterocycles. The van der Waals surface area contributed by atoms with Crippen molar-refractivity contribution in [3.63, 3.8) is 0 Å². The number of methoxy groups -OCH3 is 1. The molecule has 0 aliphatic carbocycles. The lowest BCUT2D eigenvalue weighted by Crippen LogP contribution is -2.29. The summed E-state index contributed by atoms with van der Waals surface area (Å²) in [6, 6.07) is 0.493. The van der Waals surface area contributed by atoms with E-state index in [4.69, 9.17) is 9.47 Å². The minimum Gasteiger partial charge on any atom is -0.385 e. The van der Waals surface area contributed by atoms with E-state index in [0.717, 1.165) is 26.2 Å². The van der Waals surface area contributed by atoms with E-state index in [1.54, 1.807) is 7.11 Å². The Morgan fingerprint density at radius 1 is 1.25 bits per heavy atom. The standard InChI is InChI=1S/C9H21NO2/c1-9(10(2)3)8-12-7-5-6-11-4/h9H,5-8H2,1-4H3. The van der Waals surface area contributed by atoms with E-state index in [0.29, 0.717) is 6.04 Å². The van der Waals surface area contributed by atoms with Gasteiger partial charge in [-0.3, -0.25) is 0 Å². The summed E-state index contributed by atoms with van der Waals surface area (Å²) in [4.78, 5) is 2.15. The molecular weight excluding hydrogens is 154 g/mol. The molecule has 0 heterocycles. The molecule has 0 amide bonds. The first-order valence-corrected chi connectivity index (χ1v) is 4.41. The van der Waals surface area contributed by atoms with Crippen LogP contribution < -0.4 is 0 Å². The fourth-order valence-electron chi connectivity index (χ4n) is 0.708. The highest BCUT2D eigenvalue weighted by Crippen LogP contribution is 1.93. The summed E-state index contributed by atoms with van der Waals surface area (Å²) >= 11 is 0. The topological polar surface area (TPSA) is 21.7 Å². The van der Waals surface area contributed by atoms with Crippen LogP contribution in [0, 0.1) is 0 Å². The Labute approximate surface area is 75.6 Å². The van der Waals surface area contributed by atoms with E-state index in [1.807, 2.05) is 0 Å². The van der Waals surface area contributed by atoms with Crippen molar-refractivity contribution in [2.45, 2.75) is 19.4 Å². The summed E-state index contributed by atoms with van der Waals surface area (Å²) < 4.78 is 10.3. The van der Waals surface area contributed by atoms with Crippen molar-refractivity contribution < 1.29 is 9.47 Å². The van der Waals surface area contributed by atoms with Crippen LogP contribution in [0.2, 0.25) is 0 Å². The summed E-state index contributed by atoms with van der Waals surface area (Å²) in [5.41, 5.74) is 0. The van der Waals surface area contributed by atoms with Gasteiger partial charge in [0.2, 0.25) is 0 Å². The van der Waals surface area contributed by atoms with Gasteiger partial charge in [0.05, 0.1) is 6.61 Å². The van der Waals surface area contributed by atoms with Crippen molar-refractivity contribution in [3.8, 4) is 0 Å². The van der Waals surface area contributed by atoms with Crippen LogP contribution in [0.15, 0.2) is 0 Å². The molecule has 3 heteroatoms. The second-order valence-corrected chi connectivity index (χ2v) is 3.23. The number of ether oxygens (including phenoxy) is 2. The number of hydrogen-bond acceptors (Lipinski definition) is 3. The highest BCUT2D eigenvalue weighted by atomic mass is 16.5. The van der Waals surface area contributed by atoms with Crippen LogP contribution >= 0.6 is 0 Å². The maximum atomic E-state index is 5.44. The minimum atomic E-state index is 0.493. The van der Waals surface area contributed by atoms with Crippen molar-refractivity contribution in [2.75, 3.05) is 41.0 Å². The van der Waals surface area contributed by atoms with Crippen LogP contribution in [0.25, 0.3) is 0 Å². The van der Waals surface area contributed by atoms with Crippen LogP contribution in [-0.2, 0) is 9.47 Å². The number of rotatable bonds is 7. The molecule has 0 aliphatic rings. The van der Waals surface area contributed by atoms with Crippen molar-refractivity contribution in [1.82, 2.24) is 4.90 Å². The highest BCUT2D eigenvalue weighted by Gasteiger charge is 2.02. The second-order valence-electron chi connectivity index (χ2n) is 3.23. The maximum Gasteiger partial charge on any atom is 0.0618 e. The van der Waals surface area contributed by atoms with E-state index in [-0.39, 0.29) is 0 Å². The third-order valence-corrected chi connectivity index (χ3v) is 1.88. The smallest absolute Gasteiger partial charge is 0.0618 e. The van der Waals surface area contributed by atoms with Gasteiger partial charge in [-0.1, -0.05) is 0 Å². The summed E-state index contributed by atoms with van der Waals surface area (Å²) in [5.74, 6) is 0. The number of nitrogens with zero attached hydrogens (tertiary/aromatic N) is 1. The fraction of sp³-hybridized carbons (Fsp3) is 1.00. The van der Waals surface area contributed by atoms with Crippen LogP contribution in [0.4, 0.5) is 0 Å². The molecule has 0 bridgehead atoms. The third-order valence-electron chi connectivity index (χ3n) is 1.88. The predicted molar refractivity (Wildman–Crippen MR) is 50.5 cm³/mol. The lowest BCUT2D eigenvalue weighted by atomic mass is 10.3. The summed E-state index contributed by atoms with van der Waals surface area (Å²) in [7, 11) is 5.83. The van der Waals surface area contributed by atoms with Crippen LogP contribution in [0.5, 0.6) is 0 Å². The molecule has 12 heavy (non-hydrogen) atoms. The molecule has 74 valence electrons. The molecule has 0 rings (SSSR count). The summed E-state index contributed by atoms with van der Waals surface area (Å²) in [6.45, 7) is 4.54. The molecule has 1 unspecified atom stereocenters. The van der Waals surface area contributed by atoms with Gasteiger partial charge in [-0.2, -0.15) is 0 Å². The van der Waals surface area contributed by atoms with Gasteiger partial charge in [-0.15, -0.1) is 0 Å². The Morgan fingerprint density at radius 2 is 1.92 bits per heavy atom. The van der Waals surface area contributed by atoms with E-state index in [9.17, 15) is 0 Å². The SMILES string of the molecule is COCCCOCC(C)N(C)C. The van der Waals surface area contributed by atoms with Gasteiger partial charge in [0.1, 0.15) is 0 Å². The average molecular weight is 175 g/mol. The lowest BCUT2D eigenvalue weighted by molar-refractivity contribution is 0.0694. The van der Waals surface area contributed by atoms with Crippen molar-refractivity contribution in [3.05, 3.63) is 0 Å². The van der Waals surface area contributed by atoms with E-state index in [1.165, 1.54) is 0 Å². The normalized spacial score (nSPS) is 13.8. The molecule has 0 saturated carbocycles. The van der Waals surface area contributed by atoms with Gasteiger partial charge in [-0.05, 0) is 27.4 Å². The zero-order valence-electron chi connectivity index (χ0n) is 8.67. The van der Waals surface area contributed by atoms with E-state index >= 15 is 0 Å². The zero-order valence-corrected chi connectivity index (χ0v) is 8.67. The van der Waals surface area contributed by atoms with E-state index in [2.05, 4.69) is 25.9 Å². The Kier molecular flexibility index (Phi) is 7.45. The molecule has 0 N–H and O–H groups in total. The Morgan fingerprint density at radius 3 is 2.42 bits per heavy atom. The molecule has 0 saturated heterocycles. The van der Waals surface area contributed by atoms with Crippen molar-refractivity contribution in [1.29, 1.82) is 0 Å². The third kappa shape index (κ3) is 6.58.